The molecule has 0 aliphatic heterocycles. The molecule has 0 unspecified atom stereocenters. The van der Waals surface area contributed by atoms with Crippen LogP contribution in [-0.2, 0) is 0 Å². The van der Waals surface area contributed by atoms with Crippen LogP contribution in [0.25, 0.3) is 32.3 Å². The fourth-order valence-corrected chi connectivity index (χ4v) is 3.76. The van der Waals surface area contributed by atoms with Crippen LogP contribution >= 0.6 is 22.7 Å². The van der Waals surface area contributed by atoms with Crippen molar-refractivity contribution in [3.8, 4) is 32.3 Å². The van der Waals surface area contributed by atoms with Crippen LogP contribution in [0.4, 0.5) is 0 Å². The molecule has 2 heterocycles. The van der Waals surface area contributed by atoms with Gasteiger partial charge < -0.3 is 0 Å². The zero-order valence-electron chi connectivity index (χ0n) is 11.6. The summed E-state index contributed by atoms with van der Waals surface area (Å²) in [6.45, 7) is 0. The van der Waals surface area contributed by atoms with Gasteiger partial charge in [-0.2, -0.15) is 0 Å². The first kappa shape index (κ1) is 13.4. The molecule has 2 aromatic carbocycles. The predicted octanol–water partition coefficient (Wildman–Crippen LogP) is 5.60. The standard InChI is InChI=1S/C18H12N2S2/c1-2-4-13(5-3-1)16-12-14(17-19-8-10-21-17)6-7-15(16)18-20-9-11-22-18/h1-12H. The van der Waals surface area contributed by atoms with Gasteiger partial charge >= 0.3 is 0 Å². The molecule has 0 saturated carbocycles. The largest absolute Gasteiger partial charge is 0.245 e. The summed E-state index contributed by atoms with van der Waals surface area (Å²) in [7, 11) is 0. The monoisotopic (exact) mass is 320 g/mol. The van der Waals surface area contributed by atoms with E-state index in [1.54, 1.807) is 22.7 Å². The molecule has 0 aliphatic carbocycles. The Labute approximate surface area is 136 Å². The van der Waals surface area contributed by atoms with Crippen LogP contribution < -0.4 is 0 Å². The summed E-state index contributed by atoms with van der Waals surface area (Å²) in [6, 6.07) is 16.9. The maximum atomic E-state index is 4.47. The van der Waals surface area contributed by atoms with E-state index in [-0.39, 0.29) is 0 Å². The number of hydrogen-bond acceptors (Lipinski definition) is 4. The molecule has 4 heteroatoms. The Balaban J connectivity index is 1.93. The van der Waals surface area contributed by atoms with Gasteiger partial charge in [0.2, 0.25) is 0 Å². The first-order chi connectivity index (χ1) is 10.9. The molecule has 22 heavy (non-hydrogen) atoms. The highest BCUT2D eigenvalue weighted by molar-refractivity contribution is 7.13. The Morgan fingerprint density at radius 2 is 1.36 bits per heavy atom. The summed E-state index contributed by atoms with van der Waals surface area (Å²) < 4.78 is 0. The Bertz CT molecular complexity index is 867. The lowest BCUT2D eigenvalue weighted by Crippen LogP contribution is -1.86. The molecule has 0 bridgehead atoms. The molecule has 0 radical (unpaired) electrons. The van der Waals surface area contributed by atoms with Crippen molar-refractivity contribution in [2.75, 3.05) is 0 Å². The van der Waals surface area contributed by atoms with Crippen molar-refractivity contribution < 1.29 is 0 Å². The number of nitrogens with zero attached hydrogens (tertiary/aromatic N) is 2. The van der Waals surface area contributed by atoms with Crippen molar-refractivity contribution in [2.45, 2.75) is 0 Å². The van der Waals surface area contributed by atoms with Gasteiger partial charge in [-0.05, 0) is 17.2 Å². The van der Waals surface area contributed by atoms with Crippen LogP contribution in [0.3, 0.4) is 0 Å². The minimum Gasteiger partial charge on any atom is -0.245 e. The molecule has 2 nitrogen and oxygen atoms in total. The van der Waals surface area contributed by atoms with Crippen molar-refractivity contribution in [3.05, 3.63) is 71.7 Å². The van der Waals surface area contributed by atoms with Crippen LogP contribution in [0.5, 0.6) is 0 Å². The minimum absolute atomic E-state index is 1.04. The van der Waals surface area contributed by atoms with Crippen LogP contribution in [0.1, 0.15) is 0 Å². The summed E-state index contributed by atoms with van der Waals surface area (Å²) in [5.41, 5.74) is 4.71. The van der Waals surface area contributed by atoms with E-state index in [4.69, 9.17) is 0 Å². The summed E-state index contributed by atoms with van der Waals surface area (Å²) in [6.07, 6.45) is 3.69. The number of benzene rings is 2. The fraction of sp³-hybridized carbons (Fsp3) is 0. The van der Waals surface area contributed by atoms with Gasteiger partial charge in [-0.3, -0.25) is 0 Å². The second-order valence-corrected chi connectivity index (χ2v) is 6.59. The normalized spacial score (nSPS) is 10.7. The van der Waals surface area contributed by atoms with Gasteiger partial charge in [-0.15, -0.1) is 22.7 Å². The molecule has 0 atom stereocenters. The molecule has 0 aliphatic rings. The Hall–Kier alpha value is -2.30. The molecule has 106 valence electrons. The molecule has 0 spiro atoms. The van der Waals surface area contributed by atoms with Gasteiger partial charge in [0.25, 0.3) is 0 Å². The number of rotatable bonds is 3. The van der Waals surface area contributed by atoms with E-state index in [9.17, 15) is 0 Å². The third-order valence-corrected chi connectivity index (χ3v) is 5.07. The second-order valence-electron chi connectivity index (χ2n) is 4.80. The lowest BCUT2D eigenvalue weighted by Gasteiger charge is -2.10. The predicted molar refractivity (Wildman–Crippen MR) is 94.1 cm³/mol. The lowest BCUT2D eigenvalue weighted by atomic mass is 9.97. The average molecular weight is 320 g/mol. The highest BCUT2D eigenvalue weighted by Crippen LogP contribution is 2.36. The van der Waals surface area contributed by atoms with Gasteiger partial charge in [0.05, 0.1) is 0 Å². The van der Waals surface area contributed by atoms with Crippen molar-refractivity contribution in [1.29, 1.82) is 0 Å². The summed E-state index contributed by atoms with van der Waals surface area (Å²) in [5.74, 6) is 0. The third-order valence-electron chi connectivity index (χ3n) is 3.45. The molecule has 0 N–H and O–H groups in total. The smallest absolute Gasteiger partial charge is 0.123 e. The molecule has 0 amide bonds. The minimum atomic E-state index is 1.04. The van der Waals surface area contributed by atoms with E-state index in [2.05, 4.69) is 52.4 Å². The molecule has 4 aromatic rings. The molecular formula is C18H12N2S2. The van der Waals surface area contributed by atoms with Crippen molar-refractivity contribution in [3.63, 3.8) is 0 Å². The van der Waals surface area contributed by atoms with Crippen molar-refractivity contribution >= 4 is 22.7 Å². The van der Waals surface area contributed by atoms with Gasteiger partial charge in [-0.1, -0.05) is 42.5 Å². The van der Waals surface area contributed by atoms with Gasteiger partial charge in [0.1, 0.15) is 10.0 Å². The van der Waals surface area contributed by atoms with Crippen LogP contribution in [0.15, 0.2) is 71.7 Å². The number of aromatic nitrogens is 2. The number of thiazole rings is 2. The van der Waals surface area contributed by atoms with E-state index in [1.165, 1.54) is 16.7 Å². The average Bonchev–Trinajstić information content (AvgIpc) is 3.29. The van der Waals surface area contributed by atoms with Crippen molar-refractivity contribution in [1.82, 2.24) is 9.97 Å². The zero-order chi connectivity index (χ0) is 14.8. The molecule has 0 fully saturated rings. The summed E-state index contributed by atoms with van der Waals surface area (Å²) >= 11 is 3.32. The van der Waals surface area contributed by atoms with Crippen molar-refractivity contribution in [2.24, 2.45) is 0 Å². The van der Waals surface area contributed by atoms with Crippen LogP contribution in [0.2, 0.25) is 0 Å². The Morgan fingerprint density at radius 3 is 2.05 bits per heavy atom. The van der Waals surface area contributed by atoms with Gasteiger partial charge in [-0.25, -0.2) is 9.97 Å². The molecule has 0 saturated heterocycles. The van der Waals surface area contributed by atoms with Gasteiger partial charge in [0.15, 0.2) is 0 Å². The first-order valence-corrected chi connectivity index (χ1v) is 8.67. The van der Waals surface area contributed by atoms with Crippen LogP contribution in [-0.4, -0.2) is 9.97 Å². The summed E-state index contributed by atoms with van der Waals surface area (Å²) in [5, 5.41) is 6.11. The zero-order valence-corrected chi connectivity index (χ0v) is 13.3. The van der Waals surface area contributed by atoms with Crippen LogP contribution in [0, 0.1) is 0 Å². The van der Waals surface area contributed by atoms with E-state index in [1.807, 2.05) is 29.2 Å². The Morgan fingerprint density at radius 1 is 0.636 bits per heavy atom. The second kappa shape index (κ2) is 5.83. The highest BCUT2D eigenvalue weighted by Gasteiger charge is 2.12. The maximum absolute atomic E-state index is 4.47. The van der Waals surface area contributed by atoms with E-state index < -0.39 is 0 Å². The van der Waals surface area contributed by atoms with E-state index in [0.29, 0.717) is 0 Å². The fourth-order valence-electron chi connectivity index (χ4n) is 2.44. The SMILES string of the molecule is c1ccc(-c2cc(-c3nccs3)ccc2-c2nccs2)cc1. The summed E-state index contributed by atoms with van der Waals surface area (Å²) in [4.78, 5) is 8.89. The third kappa shape index (κ3) is 2.47. The lowest BCUT2D eigenvalue weighted by molar-refractivity contribution is 1.40. The number of hydrogen-bond donors (Lipinski definition) is 0. The quantitative estimate of drug-likeness (QED) is 0.491. The van der Waals surface area contributed by atoms with Gasteiger partial charge in [0, 0.05) is 34.3 Å². The van der Waals surface area contributed by atoms with E-state index >= 15 is 0 Å². The topological polar surface area (TPSA) is 25.8 Å². The molecular weight excluding hydrogens is 308 g/mol. The molecule has 4 rings (SSSR count). The van der Waals surface area contributed by atoms with E-state index in [0.717, 1.165) is 15.6 Å². The Kier molecular flexibility index (Phi) is 3.54. The highest BCUT2D eigenvalue weighted by atomic mass is 32.1. The molecule has 2 aromatic heterocycles. The first-order valence-electron chi connectivity index (χ1n) is 6.91. The maximum Gasteiger partial charge on any atom is 0.123 e.